The molecule has 0 aliphatic carbocycles. The highest BCUT2D eigenvalue weighted by Crippen LogP contribution is 2.23. The molecule has 3 rings (SSSR count). The maximum atomic E-state index is 9.02. The lowest BCUT2D eigenvalue weighted by atomic mass is 10.1. The van der Waals surface area contributed by atoms with Gasteiger partial charge >= 0.3 is 0 Å². The molecule has 1 unspecified atom stereocenters. The van der Waals surface area contributed by atoms with Gasteiger partial charge in [0, 0.05) is 32.4 Å². The lowest BCUT2D eigenvalue weighted by Gasteiger charge is -2.22. The molecule has 1 saturated heterocycles. The zero-order valence-electron chi connectivity index (χ0n) is 16.1. The van der Waals surface area contributed by atoms with Gasteiger partial charge in [-0.05, 0) is 55.2 Å². The van der Waals surface area contributed by atoms with Crippen LogP contribution in [0.15, 0.2) is 53.5 Å². The molecule has 1 aliphatic heterocycles. The van der Waals surface area contributed by atoms with Crippen LogP contribution < -0.4 is 15.5 Å². The Bertz CT molecular complexity index is 831. The van der Waals surface area contributed by atoms with Gasteiger partial charge in [-0.3, -0.25) is 4.99 Å². The van der Waals surface area contributed by atoms with E-state index >= 15 is 0 Å². The Balaban J connectivity index is 1.60. The molecule has 1 aliphatic rings. The van der Waals surface area contributed by atoms with Crippen LogP contribution in [0.2, 0.25) is 0 Å². The molecule has 0 radical (unpaired) electrons. The van der Waals surface area contributed by atoms with Gasteiger partial charge in [0.2, 0.25) is 0 Å². The monoisotopic (exact) mass is 361 g/mol. The zero-order valence-corrected chi connectivity index (χ0v) is 16.1. The van der Waals surface area contributed by atoms with Crippen molar-refractivity contribution in [3.63, 3.8) is 0 Å². The average Bonchev–Trinajstić information content (AvgIpc) is 3.26. The van der Waals surface area contributed by atoms with E-state index in [9.17, 15) is 0 Å². The molecular weight excluding hydrogens is 334 g/mol. The van der Waals surface area contributed by atoms with Crippen LogP contribution in [0.1, 0.15) is 42.5 Å². The Labute approximate surface area is 161 Å². The van der Waals surface area contributed by atoms with Gasteiger partial charge in [-0.15, -0.1) is 0 Å². The summed E-state index contributed by atoms with van der Waals surface area (Å²) in [6, 6.07) is 18.7. The number of benzene rings is 2. The number of anilines is 1. The maximum absolute atomic E-state index is 9.02. The van der Waals surface area contributed by atoms with E-state index in [-0.39, 0.29) is 6.04 Å². The van der Waals surface area contributed by atoms with Crippen molar-refractivity contribution in [3.05, 3.63) is 65.2 Å². The molecule has 1 fully saturated rings. The minimum Gasteiger partial charge on any atom is -0.372 e. The first-order valence-electron chi connectivity index (χ1n) is 9.51. The van der Waals surface area contributed by atoms with Crippen molar-refractivity contribution in [1.29, 1.82) is 5.26 Å². The molecule has 0 spiro atoms. The van der Waals surface area contributed by atoms with Crippen LogP contribution in [0.25, 0.3) is 0 Å². The number of nitrogens with one attached hydrogen (secondary N) is 2. The van der Waals surface area contributed by atoms with Crippen molar-refractivity contribution >= 4 is 11.6 Å². The Morgan fingerprint density at radius 3 is 2.70 bits per heavy atom. The van der Waals surface area contributed by atoms with E-state index in [1.54, 1.807) is 7.05 Å². The van der Waals surface area contributed by atoms with Crippen LogP contribution >= 0.6 is 0 Å². The van der Waals surface area contributed by atoms with E-state index in [0.717, 1.165) is 24.6 Å². The first-order chi connectivity index (χ1) is 13.2. The van der Waals surface area contributed by atoms with Gasteiger partial charge in [0.05, 0.1) is 17.7 Å². The summed E-state index contributed by atoms with van der Waals surface area (Å²) >= 11 is 0. The number of nitriles is 1. The minimum atomic E-state index is 0.143. The van der Waals surface area contributed by atoms with Crippen molar-refractivity contribution in [2.24, 2.45) is 4.99 Å². The van der Waals surface area contributed by atoms with Gasteiger partial charge in [0.15, 0.2) is 5.96 Å². The van der Waals surface area contributed by atoms with E-state index in [1.165, 1.54) is 24.1 Å². The molecule has 140 valence electrons. The highest BCUT2D eigenvalue weighted by molar-refractivity contribution is 5.80. The van der Waals surface area contributed by atoms with Gasteiger partial charge in [-0.1, -0.05) is 24.3 Å². The summed E-state index contributed by atoms with van der Waals surface area (Å²) in [5, 5.41) is 15.8. The second-order valence-corrected chi connectivity index (χ2v) is 6.89. The van der Waals surface area contributed by atoms with E-state index in [1.807, 2.05) is 24.3 Å². The zero-order chi connectivity index (χ0) is 19.1. The summed E-state index contributed by atoms with van der Waals surface area (Å²) in [5.41, 5.74) is 4.27. The Hall–Kier alpha value is -3.00. The Kier molecular flexibility index (Phi) is 6.32. The summed E-state index contributed by atoms with van der Waals surface area (Å²) in [7, 11) is 1.77. The number of hydrogen-bond acceptors (Lipinski definition) is 3. The number of nitrogens with zero attached hydrogens (tertiary/aromatic N) is 3. The topological polar surface area (TPSA) is 63.5 Å². The van der Waals surface area contributed by atoms with Gasteiger partial charge in [0.1, 0.15) is 0 Å². The molecule has 2 N–H and O–H groups in total. The largest absolute Gasteiger partial charge is 0.372 e. The molecule has 1 heterocycles. The first kappa shape index (κ1) is 18.8. The van der Waals surface area contributed by atoms with Crippen molar-refractivity contribution in [2.75, 3.05) is 25.0 Å². The summed E-state index contributed by atoms with van der Waals surface area (Å²) in [5.74, 6) is 0.747. The van der Waals surface area contributed by atoms with Crippen molar-refractivity contribution in [3.8, 4) is 6.07 Å². The molecule has 5 nitrogen and oxygen atoms in total. The summed E-state index contributed by atoms with van der Waals surface area (Å²) in [6.07, 6.45) is 2.56. The molecule has 0 aromatic heterocycles. The van der Waals surface area contributed by atoms with Gasteiger partial charge in [0.25, 0.3) is 0 Å². The van der Waals surface area contributed by atoms with Gasteiger partial charge in [-0.25, -0.2) is 0 Å². The van der Waals surface area contributed by atoms with Crippen LogP contribution in [0.5, 0.6) is 0 Å². The highest BCUT2D eigenvalue weighted by Gasteiger charge is 2.14. The number of rotatable bonds is 5. The van der Waals surface area contributed by atoms with E-state index in [4.69, 9.17) is 5.26 Å². The van der Waals surface area contributed by atoms with E-state index in [0.29, 0.717) is 12.1 Å². The number of aliphatic imine (C=N–C) groups is 1. The van der Waals surface area contributed by atoms with Crippen LogP contribution in [0.3, 0.4) is 0 Å². The Morgan fingerprint density at radius 2 is 1.96 bits per heavy atom. The smallest absolute Gasteiger partial charge is 0.191 e. The van der Waals surface area contributed by atoms with Crippen molar-refractivity contribution in [1.82, 2.24) is 10.6 Å². The normalized spacial score (nSPS) is 15.3. The maximum Gasteiger partial charge on any atom is 0.191 e. The fourth-order valence-corrected chi connectivity index (χ4v) is 3.39. The second-order valence-electron chi connectivity index (χ2n) is 6.89. The third-order valence-corrected chi connectivity index (χ3v) is 4.93. The summed E-state index contributed by atoms with van der Waals surface area (Å²) in [4.78, 5) is 6.78. The summed E-state index contributed by atoms with van der Waals surface area (Å²) in [6.45, 7) is 5.06. The standard InChI is InChI=1S/C22H27N5/c1-17(20-9-6-10-21(14-20)27-11-3-4-12-27)26-22(24-2)25-16-19-8-5-7-18(13-19)15-23/h5-10,13-14,17H,3-4,11-12,16H2,1-2H3,(H2,24,25,26). The third kappa shape index (κ3) is 5.01. The number of guanidine groups is 1. The highest BCUT2D eigenvalue weighted by atomic mass is 15.2. The average molecular weight is 361 g/mol. The van der Waals surface area contributed by atoms with Crippen LogP contribution in [-0.4, -0.2) is 26.1 Å². The van der Waals surface area contributed by atoms with Crippen molar-refractivity contribution in [2.45, 2.75) is 32.4 Å². The fourth-order valence-electron chi connectivity index (χ4n) is 3.39. The van der Waals surface area contributed by atoms with E-state index < -0.39 is 0 Å². The van der Waals surface area contributed by atoms with E-state index in [2.05, 4.69) is 57.8 Å². The molecule has 0 amide bonds. The quantitative estimate of drug-likeness (QED) is 0.631. The molecule has 0 saturated carbocycles. The third-order valence-electron chi connectivity index (χ3n) is 4.93. The predicted octanol–water partition coefficient (Wildman–Crippen LogP) is 3.58. The first-order valence-corrected chi connectivity index (χ1v) is 9.51. The fraction of sp³-hybridized carbons (Fsp3) is 0.364. The van der Waals surface area contributed by atoms with Gasteiger partial charge < -0.3 is 15.5 Å². The number of hydrogen-bond donors (Lipinski definition) is 2. The SMILES string of the molecule is CN=C(NCc1cccc(C#N)c1)NC(C)c1cccc(N2CCCC2)c1. The molecule has 2 aromatic carbocycles. The predicted molar refractivity (Wildman–Crippen MR) is 111 cm³/mol. The van der Waals surface area contributed by atoms with Crippen LogP contribution in [0, 0.1) is 11.3 Å². The Morgan fingerprint density at radius 1 is 1.19 bits per heavy atom. The lowest BCUT2D eigenvalue weighted by molar-refractivity contribution is 0.685. The van der Waals surface area contributed by atoms with Crippen LogP contribution in [-0.2, 0) is 6.54 Å². The van der Waals surface area contributed by atoms with Crippen molar-refractivity contribution < 1.29 is 0 Å². The molecule has 27 heavy (non-hydrogen) atoms. The molecule has 2 aromatic rings. The lowest BCUT2D eigenvalue weighted by Crippen LogP contribution is -2.38. The van der Waals surface area contributed by atoms with Crippen LogP contribution in [0.4, 0.5) is 5.69 Å². The molecule has 0 bridgehead atoms. The molecule has 5 heteroatoms. The minimum absolute atomic E-state index is 0.143. The molecule has 1 atom stereocenters. The molecular formula is C22H27N5. The van der Waals surface area contributed by atoms with Gasteiger partial charge in [-0.2, -0.15) is 5.26 Å². The second kappa shape index (κ2) is 9.09. The summed E-state index contributed by atoms with van der Waals surface area (Å²) < 4.78 is 0.